The highest BCUT2D eigenvalue weighted by molar-refractivity contribution is 5.59. The van der Waals surface area contributed by atoms with Gasteiger partial charge in [0.1, 0.15) is 12.1 Å². The van der Waals surface area contributed by atoms with Gasteiger partial charge in [0, 0.05) is 6.54 Å². The minimum atomic E-state index is -1.17. The number of rotatable bonds is 5. The van der Waals surface area contributed by atoms with Crippen molar-refractivity contribution in [2.24, 2.45) is 0 Å². The summed E-state index contributed by atoms with van der Waals surface area (Å²) in [4.78, 5) is 13.6. The van der Waals surface area contributed by atoms with E-state index in [1.165, 1.54) is 6.26 Å². The highest BCUT2D eigenvalue weighted by Crippen LogP contribution is 2.29. The molecule has 2 rings (SSSR count). The molecule has 1 aromatic heterocycles. The van der Waals surface area contributed by atoms with Gasteiger partial charge in [-0.2, -0.15) is 4.39 Å². The summed E-state index contributed by atoms with van der Waals surface area (Å²) < 4.78 is 32.3. The molecule has 6 nitrogen and oxygen atoms in total. The van der Waals surface area contributed by atoms with Gasteiger partial charge in [0.05, 0.1) is 22.2 Å². The molecule has 1 aromatic carbocycles. The first kappa shape index (κ1) is 14.1. The van der Waals surface area contributed by atoms with E-state index in [0.717, 1.165) is 6.07 Å². The molecule has 0 bridgehead atoms. The second-order valence-corrected chi connectivity index (χ2v) is 3.97. The number of nitro groups is 1. The lowest BCUT2D eigenvalue weighted by Crippen LogP contribution is -2.11. The average molecular weight is 283 g/mol. The van der Waals surface area contributed by atoms with Crippen molar-refractivity contribution in [3.05, 3.63) is 45.8 Å². The van der Waals surface area contributed by atoms with Gasteiger partial charge >= 0.3 is 5.69 Å². The Hall–Kier alpha value is -2.35. The fourth-order valence-corrected chi connectivity index (χ4v) is 1.63. The van der Waals surface area contributed by atoms with E-state index in [-0.39, 0.29) is 11.5 Å². The molecular formula is C12H11F2N3O3. The summed E-state index contributed by atoms with van der Waals surface area (Å²) in [7, 11) is 0. The van der Waals surface area contributed by atoms with Crippen LogP contribution >= 0.6 is 0 Å². The lowest BCUT2D eigenvalue weighted by atomic mass is 10.1. The van der Waals surface area contributed by atoms with Gasteiger partial charge in [-0.05, 0) is 12.6 Å². The van der Waals surface area contributed by atoms with E-state index >= 15 is 0 Å². The minimum absolute atomic E-state index is 0.196. The molecule has 106 valence electrons. The van der Waals surface area contributed by atoms with Crippen LogP contribution in [0.2, 0.25) is 0 Å². The number of hydrogen-bond donors (Lipinski definition) is 1. The quantitative estimate of drug-likeness (QED) is 0.674. The molecule has 0 aliphatic heterocycles. The van der Waals surface area contributed by atoms with E-state index in [2.05, 4.69) is 10.3 Å². The number of benzene rings is 1. The number of nitrogens with zero attached hydrogens (tertiary/aromatic N) is 2. The van der Waals surface area contributed by atoms with Gasteiger partial charge in [-0.15, -0.1) is 0 Å². The third-order valence-corrected chi connectivity index (χ3v) is 2.55. The molecule has 1 N–H and O–H groups in total. The van der Waals surface area contributed by atoms with Crippen molar-refractivity contribution < 1.29 is 18.1 Å². The second kappa shape index (κ2) is 5.74. The summed E-state index contributed by atoms with van der Waals surface area (Å²) in [5, 5.41) is 13.6. The van der Waals surface area contributed by atoms with Crippen LogP contribution in [-0.2, 0) is 6.54 Å². The van der Waals surface area contributed by atoms with Crippen LogP contribution < -0.4 is 5.32 Å². The largest absolute Gasteiger partial charge is 0.444 e. The van der Waals surface area contributed by atoms with E-state index in [1.54, 1.807) is 0 Å². The van der Waals surface area contributed by atoms with Crippen molar-refractivity contribution >= 4 is 5.69 Å². The third-order valence-electron chi connectivity index (χ3n) is 2.55. The molecule has 8 heteroatoms. The molecule has 0 unspecified atom stereocenters. The lowest BCUT2D eigenvalue weighted by molar-refractivity contribution is -0.387. The first-order valence-corrected chi connectivity index (χ1v) is 5.81. The van der Waals surface area contributed by atoms with Crippen molar-refractivity contribution in [1.29, 1.82) is 0 Å². The Bertz CT molecular complexity index is 643. The predicted octanol–water partition coefficient (Wildman–Crippen LogP) is 2.64. The number of halogens is 2. The maximum atomic E-state index is 13.9. The summed E-state index contributed by atoms with van der Waals surface area (Å²) in [5.74, 6) is -2.30. The Morgan fingerprint density at radius 1 is 1.45 bits per heavy atom. The van der Waals surface area contributed by atoms with Crippen LogP contribution in [0, 0.1) is 21.7 Å². The molecule has 0 saturated carbocycles. The van der Waals surface area contributed by atoms with E-state index in [9.17, 15) is 18.9 Å². The highest BCUT2D eigenvalue weighted by Gasteiger charge is 2.23. The fraction of sp³-hybridized carbons (Fsp3) is 0.250. The van der Waals surface area contributed by atoms with Crippen LogP contribution in [0.15, 0.2) is 22.8 Å². The SMILES string of the molecule is CCNCc1coc(-c2cc(F)cc([N+](=O)[O-])c2F)n1. The molecule has 0 saturated heterocycles. The predicted molar refractivity (Wildman–Crippen MR) is 65.9 cm³/mol. The summed E-state index contributed by atoms with van der Waals surface area (Å²) >= 11 is 0. The number of aromatic nitrogens is 1. The lowest BCUT2D eigenvalue weighted by Gasteiger charge is -2.00. The Morgan fingerprint density at radius 3 is 2.85 bits per heavy atom. The van der Waals surface area contributed by atoms with Gasteiger partial charge in [-0.3, -0.25) is 10.1 Å². The number of nitro benzene ring substituents is 1. The molecule has 0 radical (unpaired) electrons. The van der Waals surface area contributed by atoms with Gasteiger partial charge in [0.2, 0.25) is 11.7 Å². The van der Waals surface area contributed by atoms with Crippen molar-refractivity contribution in [1.82, 2.24) is 10.3 Å². The number of nitrogens with one attached hydrogen (secondary N) is 1. The molecule has 0 spiro atoms. The molecule has 1 heterocycles. The smallest absolute Gasteiger partial charge is 0.308 e. The normalized spacial score (nSPS) is 10.8. The average Bonchev–Trinajstić information content (AvgIpc) is 2.87. The molecule has 0 fully saturated rings. The maximum absolute atomic E-state index is 13.9. The van der Waals surface area contributed by atoms with Gasteiger partial charge in [-0.1, -0.05) is 6.92 Å². The molecule has 0 amide bonds. The van der Waals surface area contributed by atoms with Crippen molar-refractivity contribution in [3.8, 4) is 11.5 Å². The van der Waals surface area contributed by atoms with E-state index in [1.807, 2.05) is 6.92 Å². The van der Waals surface area contributed by atoms with Crippen LogP contribution in [0.25, 0.3) is 11.5 Å². The van der Waals surface area contributed by atoms with Crippen LogP contribution in [0.4, 0.5) is 14.5 Å². The topological polar surface area (TPSA) is 81.2 Å². The Labute approximate surface area is 112 Å². The molecule has 2 aromatic rings. The summed E-state index contributed by atoms with van der Waals surface area (Å²) in [6, 6.07) is 1.33. The zero-order chi connectivity index (χ0) is 14.7. The van der Waals surface area contributed by atoms with Gasteiger partial charge in [0.25, 0.3) is 0 Å². The van der Waals surface area contributed by atoms with E-state index < -0.39 is 22.2 Å². The summed E-state index contributed by atoms with van der Waals surface area (Å²) in [6.45, 7) is 3.01. The Kier molecular flexibility index (Phi) is 4.04. The monoisotopic (exact) mass is 283 g/mol. The molecule has 0 aliphatic carbocycles. The van der Waals surface area contributed by atoms with Gasteiger partial charge in [0.15, 0.2) is 0 Å². The van der Waals surface area contributed by atoms with Crippen molar-refractivity contribution in [2.75, 3.05) is 6.54 Å². The second-order valence-electron chi connectivity index (χ2n) is 3.97. The van der Waals surface area contributed by atoms with E-state index in [0.29, 0.717) is 24.8 Å². The van der Waals surface area contributed by atoms with Crippen molar-refractivity contribution in [3.63, 3.8) is 0 Å². The first-order chi connectivity index (χ1) is 9.52. The van der Waals surface area contributed by atoms with Crippen LogP contribution in [0.3, 0.4) is 0 Å². The standard InChI is InChI=1S/C12H11F2N3O3/c1-2-15-5-8-6-20-12(16-8)9-3-7(13)4-10(11(9)14)17(18)19/h3-4,6,15H,2,5H2,1H3. The molecular weight excluding hydrogens is 272 g/mol. The first-order valence-electron chi connectivity index (χ1n) is 5.81. The minimum Gasteiger partial charge on any atom is -0.444 e. The number of oxazole rings is 1. The Morgan fingerprint density at radius 2 is 2.20 bits per heavy atom. The maximum Gasteiger partial charge on any atom is 0.308 e. The third kappa shape index (κ3) is 2.80. The van der Waals surface area contributed by atoms with Gasteiger partial charge in [-0.25, -0.2) is 9.37 Å². The highest BCUT2D eigenvalue weighted by atomic mass is 19.1. The summed E-state index contributed by atoms with van der Waals surface area (Å²) in [5.41, 5.74) is -0.834. The van der Waals surface area contributed by atoms with E-state index in [4.69, 9.17) is 4.42 Å². The zero-order valence-corrected chi connectivity index (χ0v) is 10.5. The molecule has 0 atom stereocenters. The molecule has 0 aliphatic rings. The zero-order valence-electron chi connectivity index (χ0n) is 10.5. The molecule has 20 heavy (non-hydrogen) atoms. The van der Waals surface area contributed by atoms with Gasteiger partial charge < -0.3 is 9.73 Å². The Balaban J connectivity index is 2.42. The summed E-state index contributed by atoms with van der Waals surface area (Å²) in [6.07, 6.45) is 1.29. The van der Waals surface area contributed by atoms with Crippen molar-refractivity contribution in [2.45, 2.75) is 13.5 Å². The van der Waals surface area contributed by atoms with Crippen LogP contribution in [0.1, 0.15) is 12.6 Å². The fourth-order valence-electron chi connectivity index (χ4n) is 1.63. The van der Waals surface area contributed by atoms with Crippen LogP contribution in [-0.4, -0.2) is 16.5 Å². The number of hydrogen-bond acceptors (Lipinski definition) is 5. The van der Waals surface area contributed by atoms with Crippen LogP contribution in [0.5, 0.6) is 0 Å².